The highest BCUT2D eigenvalue weighted by atomic mass is 79.9. The number of aryl methyl sites for hydroxylation is 1. The second kappa shape index (κ2) is 6.90. The van der Waals surface area contributed by atoms with Crippen molar-refractivity contribution in [1.82, 2.24) is 15.1 Å². The van der Waals surface area contributed by atoms with Gasteiger partial charge in [0.2, 0.25) is 0 Å². The molecule has 1 aromatic carbocycles. The lowest BCUT2D eigenvalue weighted by atomic mass is 10.1. The first-order valence-electron chi connectivity index (χ1n) is 6.79. The van der Waals surface area contributed by atoms with Crippen LogP contribution in [0.4, 0.5) is 0 Å². The van der Waals surface area contributed by atoms with Crippen LogP contribution in [0.3, 0.4) is 0 Å². The van der Waals surface area contributed by atoms with E-state index in [1.54, 1.807) is 10.9 Å². The van der Waals surface area contributed by atoms with E-state index in [9.17, 15) is 0 Å². The minimum atomic E-state index is 0.235. The number of halogens is 1. The molecule has 0 fully saturated rings. The van der Waals surface area contributed by atoms with Gasteiger partial charge in [-0.1, -0.05) is 22.9 Å². The van der Waals surface area contributed by atoms with Gasteiger partial charge in [-0.25, -0.2) is 0 Å². The average Bonchev–Trinajstić information content (AvgIpc) is 2.83. The molecule has 0 bridgehead atoms. The molecule has 108 valence electrons. The van der Waals surface area contributed by atoms with Crippen molar-refractivity contribution in [3.63, 3.8) is 0 Å². The van der Waals surface area contributed by atoms with E-state index in [1.807, 2.05) is 25.4 Å². The van der Waals surface area contributed by atoms with Gasteiger partial charge in [-0.2, -0.15) is 5.10 Å². The van der Waals surface area contributed by atoms with Gasteiger partial charge in [0.1, 0.15) is 5.75 Å². The third kappa shape index (κ3) is 3.84. The summed E-state index contributed by atoms with van der Waals surface area (Å²) in [5.41, 5.74) is 1.14. The molecule has 0 aliphatic carbocycles. The highest BCUT2D eigenvalue weighted by molar-refractivity contribution is 9.10. The van der Waals surface area contributed by atoms with Gasteiger partial charge in [0.15, 0.2) is 5.75 Å². The van der Waals surface area contributed by atoms with Crippen LogP contribution in [0.15, 0.2) is 35.1 Å². The molecule has 0 radical (unpaired) electrons. The van der Waals surface area contributed by atoms with Crippen LogP contribution in [-0.2, 0) is 7.05 Å². The van der Waals surface area contributed by atoms with Crippen LogP contribution in [0.1, 0.15) is 31.9 Å². The highest BCUT2D eigenvalue weighted by Gasteiger charge is 2.13. The predicted octanol–water partition coefficient (Wildman–Crippen LogP) is 4.04. The van der Waals surface area contributed by atoms with E-state index in [4.69, 9.17) is 4.74 Å². The fourth-order valence-corrected chi connectivity index (χ4v) is 2.38. The molecule has 5 heteroatoms. The number of aromatic nitrogens is 2. The zero-order chi connectivity index (χ0) is 14.5. The Hall–Kier alpha value is -1.33. The SMILES string of the molecule is CCCNC(C)c1cc(Br)ccc1Oc1cnn(C)c1. The molecule has 1 unspecified atom stereocenters. The van der Waals surface area contributed by atoms with Gasteiger partial charge in [0.25, 0.3) is 0 Å². The largest absolute Gasteiger partial charge is 0.454 e. The van der Waals surface area contributed by atoms with Gasteiger partial charge in [-0.3, -0.25) is 4.68 Å². The third-order valence-corrected chi connectivity index (χ3v) is 3.54. The third-order valence-electron chi connectivity index (χ3n) is 3.05. The van der Waals surface area contributed by atoms with Crippen LogP contribution in [0.5, 0.6) is 11.5 Å². The van der Waals surface area contributed by atoms with Crippen LogP contribution in [-0.4, -0.2) is 16.3 Å². The molecule has 1 N–H and O–H groups in total. The quantitative estimate of drug-likeness (QED) is 0.864. The number of hydrogen-bond acceptors (Lipinski definition) is 3. The summed E-state index contributed by atoms with van der Waals surface area (Å²) in [6.45, 7) is 5.29. The van der Waals surface area contributed by atoms with Crippen molar-refractivity contribution >= 4 is 15.9 Å². The second-order valence-corrected chi connectivity index (χ2v) is 5.73. The van der Waals surface area contributed by atoms with Gasteiger partial charge < -0.3 is 10.1 Å². The maximum absolute atomic E-state index is 5.94. The number of nitrogens with zero attached hydrogens (tertiary/aromatic N) is 2. The normalized spacial score (nSPS) is 12.4. The predicted molar refractivity (Wildman–Crippen MR) is 84.1 cm³/mol. The van der Waals surface area contributed by atoms with Crippen molar-refractivity contribution < 1.29 is 4.74 Å². The molecule has 0 aliphatic rings. The lowest BCUT2D eigenvalue weighted by molar-refractivity contribution is 0.460. The summed E-state index contributed by atoms with van der Waals surface area (Å²) in [5, 5.41) is 7.61. The lowest BCUT2D eigenvalue weighted by Crippen LogP contribution is -2.19. The Morgan fingerprint density at radius 2 is 2.25 bits per heavy atom. The molecule has 0 saturated heterocycles. The van der Waals surface area contributed by atoms with Crippen molar-refractivity contribution in [2.45, 2.75) is 26.3 Å². The zero-order valence-corrected chi connectivity index (χ0v) is 13.6. The van der Waals surface area contributed by atoms with Crippen LogP contribution >= 0.6 is 15.9 Å². The molecule has 0 aliphatic heterocycles. The van der Waals surface area contributed by atoms with Crippen molar-refractivity contribution in [3.05, 3.63) is 40.6 Å². The minimum absolute atomic E-state index is 0.235. The fourth-order valence-electron chi connectivity index (χ4n) is 2.00. The van der Waals surface area contributed by atoms with E-state index in [-0.39, 0.29) is 6.04 Å². The molecular weight excluding hydrogens is 318 g/mol. The van der Waals surface area contributed by atoms with Gasteiger partial charge in [-0.05, 0) is 38.1 Å². The standard InChI is InChI=1S/C15H20BrN3O/c1-4-7-17-11(2)14-8-12(16)5-6-15(14)20-13-9-18-19(3)10-13/h5-6,8-11,17H,4,7H2,1-3H3. The average molecular weight is 338 g/mol. The van der Waals surface area contributed by atoms with Crippen molar-refractivity contribution in [2.24, 2.45) is 7.05 Å². The molecule has 1 heterocycles. The molecule has 0 saturated carbocycles. The van der Waals surface area contributed by atoms with Crippen LogP contribution in [0.2, 0.25) is 0 Å². The van der Waals surface area contributed by atoms with Crippen molar-refractivity contribution in [2.75, 3.05) is 6.54 Å². The molecule has 1 atom stereocenters. The van der Waals surface area contributed by atoms with E-state index in [0.29, 0.717) is 0 Å². The second-order valence-electron chi connectivity index (χ2n) is 4.81. The Morgan fingerprint density at radius 1 is 1.45 bits per heavy atom. The Labute approximate surface area is 128 Å². The van der Waals surface area contributed by atoms with Crippen molar-refractivity contribution in [3.8, 4) is 11.5 Å². The molecule has 0 spiro atoms. The van der Waals surface area contributed by atoms with E-state index >= 15 is 0 Å². The monoisotopic (exact) mass is 337 g/mol. The van der Waals surface area contributed by atoms with Crippen LogP contribution in [0.25, 0.3) is 0 Å². The highest BCUT2D eigenvalue weighted by Crippen LogP contribution is 2.31. The number of nitrogens with one attached hydrogen (secondary N) is 1. The summed E-state index contributed by atoms with van der Waals surface area (Å²) in [6.07, 6.45) is 4.68. The molecule has 0 amide bonds. The Kier molecular flexibility index (Phi) is 5.20. The number of ether oxygens (including phenoxy) is 1. The molecule has 2 rings (SSSR count). The Bertz CT molecular complexity index is 568. The maximum Gasteiger partial charge on any atom is 0.165 e. The first-order chi connectivity index (χ1) is 9.60. The molecular formula is C15H20BrN3O. The first kappa shape index (κ1) is 15.1. The van der Waals surface area contributed by atoms with E-state index in [0.717, 1.165) is 34.5 Å². The minimum Gasteiger partial charge on any atom is -0.454 e. The van der Waals surface area contributed by atoms with E-state index in [2.05, 4.69) is 46.3 Å². The van der Waals surface area contributed by atoms with E-state index in [1.165, 1.54) is 0 Å². The van der Waals surface area contributed by atoms with Gasteiger partial charge in [0, 0.05) is 23.1 Å². The summed E-state index contributed by atoms with van der Waals surface area (Å²) in [4.78, 5) is 0. The lowest BCUT2D eigenvalue weighted by Gasteiger charge is -2.18. The molecule has 1 aromatic heterocycles. The summed E-state index contributed by atoms with van der Waals surface area (Å²) in [7, 11) is 1.88. The topological polar surface area (TPSA) is 39.1 Å². The van der Waals surface area contributed by atoms with Gasteiger partial charge in [0.05, 0.1) is 12.4 Å². The van der Waals surface area contributed by atoms with Crippen molar-refractivity contribution in [1.29, 1.82) is 0 Å². The summed E-state index contributed by atoms with van der Waals surface area (Å²) < 4.78 is 8.72. The maximum atomic E-state index is 5.94. The Balaban J connectivity index is 2.23. The molecule has 20 heavy (non-hydrogen) atoms. The number of hydrogen-bond donors (Lipinski definition) is 1. The van der Waals surface area contributed by atoms with Gasteiger partial charge >= 0.3 is 0 Å². The van der Waals surface area contributed by atoms with E-state index < -0.39 is 0 Å². The number of benzene rings is 1. The summed E-state index contributed by atoms with van der Waals surface area (Å²) >= 11 is 3.52. The van der Waals surface area contributed by atoms with Crippen LogP contribution in [0, 0.1) is 0 Å². The van der Waals surface area contributed by atoms with Gasteiger partial charge in [-0.15, -0.1) is 0 Å². The smallest absolute Gasteiger partial charge is 0.165 e. The fraction of sp³-hybridized carbons (Fsp3) is 0.400. The summed E-state index contributed by atoms with van der Waals surface area (Å²) in [6, 6.07) is 6.30. The molecule has 4 nitrogen and oxygen atoms in total. The Morgan fingerprint density at radius 3 is 2.90 bits per heavy atom. The van der Waals surface area contributed by atoms with Crippen LogP contribution < -0.4 is 10.1 Å². The zero-order valence-electron chi connectivity index (χ0n) is 12.1. The first-order valence-corrected chi connectivity index (χ1v) is 7.58. The molecule has 2 aromatic rings. The number of rotatable bonds is 6. The summed E-state index contributed by atoms with van der Waals surface area (Å²) in [5.74, 6) is 1.61.